The normalized spacial score (nSPS) is 10.8. The topological polar surface area (TPSA) is 68.3 Å². The number of hydrogen-bond donors (Lipinski definition) is 1. The van der Waals surface area contributed by atoms with Crippen LogP contribution in [0, 0.1) is 6.92 Å². The van der Waals surface area contributed by atoms with E-state index in [1.807, 2.05) is 13.8 Å². The molecule has 0 saturated carbocycles. The van der Waals surface area contributed by atoms with Gasteiger partial charge < -0.3 is 9.52 Å². The lowest BCUT2D eigenvalue weighted by Gasteiger charge is -2.01. The van der Waals surface area contributed by atoms with Crippen LogP contribution in [0.25, 0.3) is 11.5 Å². The summed E-state index contributed by atoms with van der Waals surface area (Å²) in [6.07, 6.45) is 0. The molecule has 0 aliphatic rings. The van der Waals surface area contributed by atoms with Gasteiger partial charge in [0.2, 0.25) is 0 Å². The van der Waals surface area contributed by atoms with Crippen LogP contribution in [0.4, 0.5) is 0 Å². The first-order chi connectivity index (χ1) is 8.04. The van der Waals surface area contributed by atoms with Crippen molar-refractivity contribution >= 4 is 17.6 Å². The maximum atomic E-state index is 10.9. The van der Waals surface area contributed by atoms with Crippen LogP contribution in [0.2, 0.25) is 5.02 Å². The van der Waals surface area contributed by atoms with Gasteiger partial charge in [0.1, 0.15) is 16.5 Å². The van der Waals surface area contributed by atoms with Gasteiger partial charge in [0.15, 0.2) is 11.5 Å². The smallest absolute Gasteiger partial charge is 0.358 e. The molecule has 0 bridgehead atoms. The van der Waals surface area contributed by atoms with Gasteiger partial charge in [-0.25, -0.2) is 4.79 Å². The van der Waals surface area contributed by atoms with Crippen molar-refractivity contribution in [3.05, 3.63) is 28.6 Å². The van der Waals surface area contributed by atoms with Crippen molar-refractivity contribution in [2.24, 2.45) is 0 Å². The summed E-state index contributed by atoms with van der Waals surface area (Å²) in [5, 5.41) is 13.0. The highest BCUT2D eigenvalue weighted by molar-refractivity contribution is 6.35. The van der Waals surface area contributed by atoms with Crippen molar-refractivity contribution in [3.63, 3.8) is 0 Å². The van der Waals surface area contributed by atoms with Gasteiger partial charge in [-0.2, -0.15) is 5.10 Å². The van der Waals surface area contributed by atoms with Gasteiger partial charge in [0.25, 0.3) is 0 Å². The summed E-state index contributed by atoms with van der Waals surface area (Å²) >= 11 is 6.02. The Kier molecular flexibility index (Phi) is 2.93. The average Bonchev–Trinajstić information content (AvgIpc) is 2.81. The molecule has 90 valence electrons. The largest absolute Gasteiger partial charge is 0.476 e. The molecule has 2 aromatic heterocycles. The van der Waals surface area contributed by atoms with E-state index in [2.05, 4.69) is 5.10 Å². The maximum Gasteiger partial charge on any atom is 0.358 e. The SMILES string of the molecule is CCn1nc(C(=O)O)c(Cl)c1-c1ccc(C)o1. The Morgan fingerprint density at radius 1 is 1.59 bits per heavy atom. The second-order valence-corrected chi connectivity index (χ2v) is 3.92. The predicted octanol–water partition coefficient (Wildman–Crippen LogP) is 2.82. The Morgan fingerprint density at radius 2 is 2.29 bits per heavy atom. The minimum absolute atomic E-state index is 0.105. The molecule has 17 heavy (non-hydrogen) atoms. The van der Waals surface area contributed by atoms with Gasteiger partial charge in [-0.1, -0.05) is 11.6 Å². The molecular weight excluding hydrogens is 244 g/mol. The molecule has 0 aromatic carbocycles. The Hall–Kier alpha value is -1.75. The number of furan rings is 1. The molecule has 0 fully saturated rings. The number of rotatable bonds is 3. The molecule has 6 heteroatoms. The summed E-state index contributed by atoms with van der Waals surface area (Å²) in [4.78, 5) is 10.9. The monoisotopic (exact) mass is 254 g/mol. The molecule has 0 radical (unpaired) electrons. The Morgan fingerprint density at radius 3 is 2.76 bits per heavy atom. The van der Waals surface area contributed by atoms with Gasteiger partial charge in [-0.05, 0) is 26.0 Å². The molecule has 0 aliphatic carbocycles. The van der Waals surface area contributed by atoms with E-state index in [9.17, 15) is 4.79 Å². The van der Waals surface area contributed by atoms with Crippen LogP contribution in [0.5, 0.6) is 0 Å². The summed E-state index contributed by atoms with van der Waals surface area (Å²) in [6, 6.07) is 3.54. The fourth-order valence-corrected chi connectivity index (χ4v) is 1.91. The Balaban J connectivity index is 2.63. The van der Waals surface area contributed by atoms with Gasteiger partial charge in [-0.3, -0.25) is 4.68 Å². The van der Waals surface area contributed by atoms with E-state index in [1.54, 1.807) is 12.1 Å². The highest BCUT2D eigenvalue weighted by atomic mass is 35.5. The van der Waals surface area contributed by atoms with Crippen molar-refractivity contribution in [1.29, 1.82) is 0 Å². The zero-order valence-corrected chi connectivity index (χ0v) is 10.2. The van der Waals surface area contributed by atoms with Crippen LogP contribution < -0.4 is 0 Å². The number of hydrogen-bond acceptors (Lipinski definition) is 3. The van der Waals surface area contributed by atoms with E-state index in [4.69, 9.17) is 21.1 Å². The molecule has 1 N–H and O–H groups in total. The van der Waals surface area contributed by atoms with Gasteiger partial charge in [0.05, 0.1) is 0 Å². The molecule has 2 rings (SSSR count). The van der Waals surface area contributed by atoms with E-state index < -0.39 is 5.97 Å². The zero-order valence-electron chi connectivity index (χ0n) is 9.40. The van der Waals surface area contributed by atoms with Crippen molar-refractivity contribution in [3.8, 4) is 11.5 Å². The summed E-state index contributed by atoms with van der Waals surface area (Å²) in [5.41, 5.74) is 0.345. The fourth-order valence-electron chi connectivity index (χ4n) is 1.60. The van der Waals surface area contributed by atoms with Gasteiger partial charge in [0, 0.05) is 6.54 Å². The maximum absolute atomic E-state index is 10.9. The second kappa shape index (κ2) is 4.25. The number of aromatic nitrogens is 2. The molecule has 0 unspecified atom stereocenters. The average molecular weight is 255 g/mol. The molecule has 5 nitrogen and oxygen atoms in total. The highest BCUT2D eigenvalue weighted by Crippen LogP contribution is 2.32. The van der Waals surface area contributed by atoms with Crippen molar-refractivity contribution in [1.82, 2.24) is 9.78 Å². The number of carbonyl (C=O) groups is 1. The second-order valence-electron chi connectivity index (χ2n) is 3.54. The van der Waals surface area contributed by atoms with Crippen LogP contribution in [0.15, 0.2) is 16.5 Å². The first-order valence-electron chi connectivity index (χ1n) is 5.11. The minimum atomic E-state index is -1.15. The van der Waals surface area contributed by atoms with Gasteiger partial charge >= 0.3 is 5.97 Å². The Bertz CT molecular complexity index is 571. The van der Waals surface area contributed by atoms with Gasteiger partial charge in [-0.15, -0.1) is 0 Å². The van der Waals surface area contributed by atoms with E-state index in [0.29, 0.717) is 18.0 Å². The molecule has 0 atom stereocenters. The van der Waals surface area contributed by atoms with Crippen molar-refractivity contribution in [2.75, 3.05) is 0 Å². The third-order valence-corrected chi connectivity index (χ3v) is 2.73. The van der Waals surface area contributed by atoms with E-state index in [-0.39, 0.29) is 10.7 Å². The third kappa shape index (κ3) is 1.93. The molecule has 2 heterocycles. The zero-order chi connectivity index (χ0) is 12.6. The summed E-state index contributed by atoms with van der Waals surface area (Å²) in [7, 11) is 0. The molecule has 0 saturated heterocycles. The first kappa shape index (κ1) is 11.7. The van der Waals surface area contributed by atoms with E-state index >= 15 is 0 Å². The van der Waals surface area contributed by atoms with Crippen LogP contribution in [0.1, 0.15) is 23.2 Å². The van der Waals surface area contributed by atoms with Crippen molar-refractivity contribution in [2.45, 2.75) is 20.4 Å². The van der Waals surface area contributed by atoms with E-state index in [1.165, 1.54) is 4.68 Å². The molecule has 0 amide bonds. The molecule has 0 spiro atoms. The number of aromatic carboxylic acids is 1. The highest BCUT2D eigenvalue weighted by Gasteiger charge is 2.23. The number of carboxylic acid groups (broad SMARTS) is 1. The third-order valence-electron chi connectivity index (χ3n) is 2.37. The molecule has 2 aromatic rings. The Labute approximate surface area is 103 Å². The molecular formula is C11H11ClN2O3. The van der Waals surface area contributed by atoms with Crippen LogP contribution in [-0.4, -0.2) is 20.9 Å². The first-order valence-corrected chi connectivity index (χ1v) is 5.48. The summed E-state index contributed by atoms with van der Waals surface area (Å²) in [5.74, 6) is 0.109. The number of halogens is 1. The lowest BCUT2D eigenvalue weighted by Crippen LogP contribution is -2.02. The summed E-state index contributed by atoms with van der Waals surface area (Å²) < 4.78 is 6.97. The standard InChI is InChI=1S/C11H11ClN2O3/c1-3-14-10(7-5-4-6(2)17-7)8(12)9(13-14)11(15)16/h4-5H,3H2,1-2H3,(H,15,16). The predicted molar refractivity (Wildman–Crippen MR) is 62.3 cm³/mol. The van der Waals surface area contributed by atoms with Crippen LogP contribution >= 0.6 is 11.6 Å². The quantitative estimate of drug-likeness (QED) is 0.914. The van der Waals surface area contributed by atoms with Crippen LogP contribution in [0.3, 0.4) is 0 Å². The lowest BCUT2D eigenvalue weighted by atomic mass is 10.3. The van der Waals surface area contributed by atoms with E-state index in [0.717, 1.165) is 5.76 Å². The van der Waals surface area contributed by atoms with Crippen LogP contribution in [-0.2, 0) is 6.54 Å². The van der Waals surface area contributed by atoms with Crippen molar-refractivity contribution < 1.29 is 14.3 Å². The fraction of sp³-hybridized carbons (Fsp3) is 0.273. The molecule has 0 aliphatic heterocycles. The number of carboxylic acids is 1. The summed E-state index contributed by atoms with van der Waals surface area (Å²) in [6.45, 7) is 4.18. The number of nitrogens with zero attached hydrogens (tertiary/aromatic N) is 2. The minimum Gasteiger partial charge on any atom is -0.476 e. The number of aryl methyl sites for hydroxylation is 2. The lowest BCUT2D eigenvalue weighted by molar-refractivity contribution is 0.0689.